The maximum absolute atomic E-state index is 6.90. The predicted octanol–water partition coefficient (Wildman–Crippen LogP) is 5.86. The van der Waals surface area contributed by atoms with Crippen molar-refractivity contribution in [2.24, 2.45) is 11.5 Å². The van der Waals surface area contributed by atoms with Crippen molar-refractivity contribution in [3.8, 4) is 11.5 Å². The van der Waals surface area contributed by atoms with E-state index in [0.717, 1.165) is 35.8 Å². The van der Waals surface area contributed by atoms with Gasteiger partial charge >= 0.3 is 0 Å². The standard InChI is InChI=1S/C26H40N2O2S2/c1-24(2,31-15-20-7-11-22(29-5)12-8-20)17-26(28,19-27)18-25(3,4)32-16-21-9-13-23(30-6)14-10-21/h7-14H,15-19,27-28H2,1-6H3. The molecule has 2 aromatic rings. The smallest absolute Gasteiger partial charge is 0.118 e. The zero-order valence-corrected chi connectivity index (χ0v) is 22.1. The summed E-state index contributed by atoms with van der Waals surface area (Å²) < 4.78 is 10.5. The summed E-state index contributed by atoms with van der Waals surface area (Å²) in [6.07, 6.45) is 1.73. The average molecular weight is 477 g/mol. The van der Waals surface area contributed by atoms with Gasteiger partial charge in [-0.1, -0.05) is 52.0 Å². The van der Waals surface area contributed by atoms with E-state index in [4.69, 9.17) is 20.9 Å². The second-order valence-electron chi connectivity index (χ2n) is 9.71. The number of rotatable bonds is 13. The molecule has 0 bridgehead atoms. The van der Waals surface area contributed by atoms with Crippen LogP contribution in [0, 0.1) is 0 Å². The van der Waals surface area contributed by atoms with Crippen molar-refractivity contribution in [1.29, 1.82) is 0 Å². The Kier molecular flexibility index (Phi) is 9.83. The number of thioether (sulfide) groups is 2. The monoisotopic (exact) mass is 476 g/mol. The highest BCUT2D eigenvalue weighted by Crippen LogP contribution is 2.41. The van der Waals surface area contributed by atoms with Crippen LogP contribution in [0.4, 0.5) is 0 Å². The topological polar surface area (TPSA) is 70.5 Å². The van der Waals surface area contributed by atoms with Gasteiger partial charge in [-0.2, -0.15) is 23.5 Å². The molecule has 178 valence electrons. The van der Waals surface area contributed by atoms with E-state index in [1.165, 1.54) is 11.1 Å². The zero-order valence-electron chi connectivity index (χ0n) is 20.4. The van der Waals surface area contributed by atoms with Crippen LogP contribution in [0.5, 0.6) is 11.5 Å². The van der Waals surface area contributed by atoms with Crippen LogP contribution in [0.25, 0.3) is 0 Å². The van der Waals surface area contributed by atoms with Crippen molar-refractivity contribution in [1.82, 2.24) is 0 Å². The Hall–Kier alpha value is -1.34. The van der Waals surface area contributed by atoms with E-state index in [-0.39, 0.29) is 9.49 Å². The van der Waals surface area contributed by atoms with Crippen molar-refractivity contribution in [2.75, 3.05) is 20.8 Å². The molecule has 0 fully saturated rings. The molecule has 0 heterocycles. The van der Waals surface area contributed by atoms with Gasteiger partial charge in [0, 0.05) is 33.1 Å². The third-order valence-electron chi connectivity index (χ3n) is 5.54. The Balaban J connectivity index is 1.93. The maximum atomic E-state index is 6.90. The lowest BCUT2D eigenvalue weighted by Gasteiger charge is -2.41. The first-order chi connectivity index (χ1) is 15.0. The van der Waals surface area contributed by atoms with Gasteiger partial charge in [-0.25, -0.2) is 0 Å². The molecule has 0 radical (unpaired) electrons. The largest absolute Gasteiger partial charge is 0.497 e. The number of hydrogen-bond acceptors (Lipinski definition) is 6. The van der Waals surface area contributed by atoms with Crippen molar-refractivity contribution >= 4 is 23.5 Å². The summed E-state index contributed by atoms with van der Waals surface area (Å²) in [6.45, 7) is 9.57. The van der Waals surface area contributed by atoms with Crippen molar-refractivity contribution in [2.45, 2.75) is 67.1 Å². The molecule has 4 N–H and O–H groups in total. The summed E-state index contributed by atoms with van der Waals surface area (Å²) in [4.78, 5) is 0. The van der Waals surface area contributed by atoms with Crippen LogP contribution in [0.15, 0.2) is 48.5 Å². The fraction of sp³-hybridized carbons (Fsp3) is 0.538. The number of nitrogens with two attached hydrogens (primary N) is 2. The van der Waals surface area contributed by atoms with Crippen LogP contribution in [-0.2, 0) is 11.5 Å². The fourth-order valence-electron chi connectivity index (χ4n) is 4.01. The number of hydrogen-bond donors (Lipinski definition) is 2. The van der Waals surface area contributed by atoms with Gasteiger partial charge < -0.3 is 20.9 Å². The average Bonchev–Trinajstić information content (AvgIpc) is 2.76. The van der Waals surface area contributed by atoms with Gasteiger partial charge in [0.25, 0.3) is 0 Å². The minimum Gasteiger partial charge on any atom is -0.497 e. The summed E-state index contributed by atoms with van der Waals surface area (Å²) in [7, 11) is 3.38. The van der Waals surface area contributed by atoms with E-state index in [0.29, 0.717) is 6.54 Å². The lowest BCUT2D eigenvalue weighted by molar-refractivity contribution is 0.317. The van der Waals surface area contributed by atoms with Gasteiger partial charge in [0.1, 0.15) is 11.5 Å². The van der Waals surface area contributed by atoms with Crippen LogP contribution in [0.2, 0.25) is 0 Å². The van der Waals surface area contributed by atoms with Crippen LogP contribution < -0.4 is 20.9 Å². The molecular formula is C26H40N2O2S2. The minimum absolute atomic E-state index is 0.0186. The highest BCUT2D eigenvalue weighted by Gasteiger charge is 2.37. The number of benzene rings is 2. The molecule has 32 heavy (non-hydrogen) atoms. The van der Waals surface area contributed by atoms with Gasteiger partial charge in [0.2, 0.25) is 0 Å². The van der Waals surface area contributed by atoms with Gasteiger partial charge in [-0.05, 0) is 48.2 Å². The van der Waals surface area contributed by atoms with Crippen molar-refractivity contribution in [3.05, 3.63) is 59.7 Å². The normalized spacial score (nSPS) is 12.6. The predicted molar refractivity (Wildman–Crippen MR) is 142 cm³/mol. The molecule has 0 aliphatic rings. The van der Waals surface area contributed by atoms with Crippen molar-refractivity contribution in [3.63, 3.8) is 0 Å². The molecule has 0 aromatic heterocycles. The Morgan fingerprint density at radius 3 is 1.31 bits per heavy atom. The van der Waals surface area contributed by atoms with Crippen LogP contribution in [-0.4, -0.2) is 35.8 Å². The molecule has 0 atom stereocenters. The van der Waals surface area contributed by atoms with Crippen LogP contribution >= 0.6 is 23.5 Å². The zero-order chi connectivity index (χ0) is 23.8. The third kappa shape index (κ3) is 8.89. The maximum Gasteiger partial charge on any atom is 0.118 e. The van der Waals surface area contributed by atoms with Crippen LogP contribution in [0.1, 0.15) is 51.7 Å². The van der Waals surface area contributed by atoms with E-state index >= 15 is 0 Å². The SMILES string of the molecule is COc1ccc(CSC(C)(C)CC(N)(CN)CC(C)(C)SCc2ccc(OC)cc2)cc1. The first-order valence-electron chi connectivity index (χ1n) is 11.0. The van der Waals surface area contributed by atoms with E-state index in [9.17, 15) is 0 Å². The molecule has 0 saturated heterocycles. The quantitative estimate of drug-likeness (QED) is 0.377. The second-order valence-corrected chi connectivity index (χ2v) is 13.1. The highest BCUT2D eigenvalue weighted by atomic mass is 32.2. The molecule has 2 rings (SSSR count). The van der Waals surface area contributed by atoms with E-state index in [2.05, 4.69) is 52.0 Å². The molecule has 0 unspecified atom stereocenters. The summed E-state index contributed by atoms with van der Waals surface area (Å²) >= 11 is 3.86. The van der Waals surface area contributed by atoms with Gasteiger partial charge in [-0.15, -0.1) is 0 Å². The molecule has 0 aliphatic carbocycles. The van der Waals surface area contributed by atoms with Crippen LogP contribution in [0.3, 0.4) is 0 Å². The van der Waals surface area contributed by atoms with E-state index < -0.39 is 5.54 Å². The molecule has 0 amide bonds. The van der Waals surface area contributed by atoms with Gasteiger partial charge in [0.05, 0.1) is 14.2 Å². The fourth-order valence-corrected chi connectivity index (χ4v) is 6.28. The number of ether oxygens (including phenoxy) is 2. The third-order valence-corrected chi connectivity index (χ3v) is 8.35. The summed E-state index contributed by atoms with van der Waals surface area (Å²) in [5, 5.41) is 0. The Morgan fingerprint density at radius 1 is 0.688 bits per heavy atom. The van der Waals surface area contributed by atoms with E-state index in [1.807, 2.05) is 47.8 Å². The Labute approximate surface area is 203 Å². The summed E-state index contributed by atoms with van der Waals surface area (Å²) in [5.41, 5.74) is 15.3. The highest BCUT2D eigenvalue weighted by molar-refractivity contribution is 8.00. The first-order valence-corrected chi connectivity index (χ1v) is 13.0. The Morgan fingerprint density at radius 2 is 1.03 bits per heavy atom. The van der Waals surface area contributed by atoms with Gasteiger partial charge in [0.15, 0.2) is 0 Å². The van der Waals surface area contributed by atoms with Gasteiger partial charge in [-0.3, -0.25) is 0 Å². The summed E-state index contributed by atoms with van der Waals surface area (Å²) in [5.74, 6) is 3.65. The molecule has 2 aromatic carbocycles. The molecule has 0 spiro atoms. The lowest BCUT2D eigenvalue weighted by atomic mass is 9.82. The molecule has 0 saturated carbocycles. The molecular weight excluding hydrogens is 436 g/mol. The molecule has 4 nitrogen and oxygen atoms in total. The molecule has 6 heteroatoms. The first kappa shape index (κ1) is 26.9. The number of methoxy groups -OCH3 is 2. The van der Waals surface area contributed by atoms with E-state index in [1.54, 1.807) is 14.2 Å². The second kappa shape index (κ2) is 11.7. The Bertz CT molecular complexity index is 755. The minimum atomic E-state index is -0.410. The van der Waals surface area contributed by atoms with Crippen molar-refractivity contribution < 1.29 is 9.47 Å². The summed E-state index contributed by atoms with van der Waals surface area (Å²) in [6, 6.07) is 16.5. The molecule has 0 aliphatic heterocycles. The lowest BCUT2D eigenvalue weighted by Crippen LogP contribution is -2.54.